The highest BCUT2D eigenvalue weighted by atomic mass is 35.5. The topological polar surface area (TPSA) is 63.2 Å². The summed E-state index contributed by atoms with van der Waals surface area (Å²) >= 11 is 13.4. The molecule has 0 aliphatic heterocycles. The number of Topliss-reactive ketones (excluding diaryl/α,β-unsaturated/α-hetero) is 1. The molecule has 0 saturated carbocycles. The summed E-state index contributed by atoms with van der Waals surface area (Å²) in [6.07, 6.45) is 2.02. The number of aryl methyl sites for hydroxylation is 1. The zero-order valence-corrected chi connectivity index (χ0v) is 32.2. The van der Waals surface area contributed by atoms with E-state index >= 15 is 0 Å². The van der Waals surface area contributed by atoms with Gasteiger partial charge in [0.05, 0.1) is 26.4 Å². The molecule has 0 aromatic heterocycles. The molecule has 6 aromatic rings. The van der Waals surface area contributed by atoms with Gasteiger partial charge in [0.2, 0.25) is 10.0 Å². The van der Waals surface area contributed by atoms with Crippen molar-refractivity contribution >= 4 is 44.6 Å². The van der Waals surface area contributed by atoms with Crippen molar-refractivity contribution in [1.82, 2.24) is 4.72 Å². The number of halogens is 2. The number of carbonyl (C=O) groups is 1. The Morgan fingerprint density at radius 1 is 0.704 bits per heavy atom. The van der Waals surface area contributed by atoms with Crippen molar-refractivity contribution in [2.45, 2.75) is 36.6 Å². The van der Waals surface area contributed by atoms with Crippen molar-refractivity contribution in [2.24, 2.45) is 5.92 Å². The monoisotopic (exact) mass is 767 g/mol. The van der Waals surface area contributed by atoms with Crippen LogP contribution >= 0.6 is 23.2 Å². The van der Waals surface area contributed by atoms with E-state index in [1.165, 1.54) is 6.92 Å². The summed E-state index contributed by atoms with van der Waals surface area (Å²) in [5.41, 5.74) is 4.86. The van der Waals surface area contributed by atoms with E-state index in [2.05, 4.69) is 16.6 Å². The highest BCUT2D eigenvalue weighted by Gasteiger charge is 2.42. The molecule has 0 bridgehead atoms. The summed E-state index contributed by atoms with van der Waals surface area (Å²) in [5.74, 6) is 5.87. The second kappa shape index (κ2) is 17.3. The van der Waals surface area contributed by atoms with Crippen LogP contribution in [0.5, 0.6) is 0 Å². The fourth-order valence-electron chi connectivity index (χ4n) is 6.75. The van der Waals surface area contributed by atoms with Gasteiger partial charge in [-0.25, -0.2) is 13.1 Å². The molecule has 0 unspecified atom stereocenters. The smallest absolute Gasteiger partial charge is 0.241 e. The van der Waals surface area contributed by atoms with Crippen LogP contribution in [0.1, 0.15) is 52.8 Å². The fraction of sp³-hybridized carbons (Fsp3) is 0.128. The van der Waals surface area contributed by atoms with Crippen LogP contribution in [0.3, 0.4) is 0 Å². The molecule has 6 rings (SSSR count). The lowest BCUT2D eigenvalue weighted by Crippen LogP contribution is -2.40. The van der Waals surface area contributed by atoms with E-state index in [1.807, 2.05) is 134 Å². The first kappa shape index (κ1) is 38.5. The summed E-state index contributed by atoms with van der Waals surface area (Å²) in [7, 11) is -4.16. The van der Waals surface area contributed by atoms with E-state index in [9.17, 15) is 13.2 Å². The molecule has 0 aliphatic rings. The lowest BCUT2D eigenvalue weighted by Gasteiger charge is -2.36. The minimum Gasteiger partial charge on any atom is -0.300 e. The molecule has 0 amide bonds. The zero-order chi connectivity index (χ0) is 38.1. The van der Waals surface area contributed by atoms with E-state index in [0.29, 0.717) is 5.56 Å². The lowest BCUT2D eigenvalue weighted by molar-refractivity contribution is -0.122. The molecule has 2 atom stereocenters. The van der Waals surface area contributed by atoms with Gasteiger partial charge in [0.15, 0.2) is 0 Å². The van der Waals surface area contributed by atoms with Gasteiger partial charge in [0.1, 0.15) is 5.78 Å². The van der Waals surface area contributed by atoms with E-state index in [-0.39, 0.29) is 27.1 Å². The van der Waals surface area contributed by atoms with Gasteiger partial charge >= 0.3 is 0 Å². The second-order valence-electron chi connectivity index (χ2n) is 13.2. The number of ketones is 1. The van der Waals surface area contributed by atoms with Crippen molar-refractivity contribution in [3.05, 3.63) is 213 Å². The average Bonchev–Trinajstić information content (AvgIpc) is 3.19. The van der Waals surface area contributed by atoms with Gasteiger partial charge in [-0.1, -0.05) is 186 Å². The molecule has 0 radical (unpaired) electrons. The van der Waals surface area contributed by atoms with Crippen molar-refractivity contribution in [2.75, 3.05) is 0 Å². The molecule has 0 heterocycles. The van der Waals surface area contributed by atoms with Crippen LogP contribution in [-0.2, 0) is 20.2 Å². The number of allylic oxidation sites excluding steroid dienone is 1. The maximum atomic E-state index is 14.1. The Kier molecular flexibility index (Phi) is 12.3. The molecule has 54 heavy (non-hydrogen) atoms. The quantitative estimate of drug-likeness (QED) is 0.126. The first-order valence-corrected chi connectivity index (χ1v) is 19.8. The molecule has 1 N–H and O–H groups in total. The van der Waals surface area contributed by atoms with E-state index in [0.717, 1.165) is 33.4 Å². The molecule has 0 fully saturated rings. The Hall–Kier alpha value is -5.22. The Bertz CT molecular complexity index is 2330. The third-order valence-corrected chi connectivity index (χ3v) is 11.9. The molecular formula is C47H39Cl2NO3S. The van der Waals surface area contributed by atoms with Crippen molar-refractivity contribution in [3.63, 3.8) is 0 Å². The van der Waals surface area contributed by atoms with Gasteiger partial charge < -0.3 is 0 Å². The molecule has 0 aliphatic carbocycles. The first-order valence-electron chi connectivity index (χ1n) is 17.6. The summed E-state index contributed by atoms with van der Waals surface area (Å²) < 4.78 is 31.2. The Morgan fingerprint density at radius 3 is 1.70 bits per heavy atom. The van der Waals surface area contributed by atoms with Crippen LogP contribution in [0.2, 0.25) is 10.0 Å². The predicted molar refractivity (Wildman–Crippen MR) is 221 cm³/mol. The molecule has 0 saturated heterocycles. The van der Waals surface area contributed by atoms with E-state index in [4.69, 9.17) is 23.2 Å². The number of nitrogens with one attached hydrogen (secondary N) is 1. The Balaban J connectivity index is 1.58. The van der Waals surface area contributed by atoms with Crippen LogP contribution in [0.15, 0.2) is 175 Å². The number of hydrogen-bond acceptors (Lipinski definition) is 3. The normalized spacial score (nSPS) is 12.5. The van der Waals surface area contributed by atoms with Gasteiger partial charge in [-0.05, 0) is 77.9 Å². The van der Waals surface area contributed by atoms with Crippen LogP contribution < -0.4 is 4.72 Å². The Labute approximate surface area is 328 Å². The molecule has 6 aromatic carbocycles. The van der Waals surface area contributed by atoms with Crippen LogP contribution in [0, 0.1) is 24.7 Å². The Morgan fingerprint density at radius 2 is 1.20 bits per heavy atom. The van der Waals surface area contributed by atoms with Gasteiger partial charge in [0.25, 0.3) is 0 Å². The van der Waals surface area contributed by atoms with E-state index < -0.39 is 27.4 Å². The SMILES string of the molecule is CC(=O)[C@@H](CC(C#CC=C(c1ccccc1)c1ccccc1)(c1ccccc1)c1ccccc1)[C@H](NS(=O)(=O)c1ccc(C)cc1)c1cccc(Cl)c1Cl. The van der Waals surface area contributed by atoms with Gasteiger partial charge in [-0.2, -0.15) is 0 Å². The van der Waals surface area contributed by atoms with Crippen LogP contribution in [-0.4, -0.2) is 14.2 Å². The summed E-state index contributed by atoms with van der Waals surface area (Å²) in [6, 6.07) is 50.2. The van der Waals surface area contributed by atoms with Gasteiger partial charge in [-0.3, -0.25) is 4.79 Å². The highest BCUT2D eigenvalue weighted by Crippen LogP contribution is 2.44. The summed E-state index contributed by atoms with van der Waals surface area (Å²) in [5, 5.41) is 0.407. The third kappa shape index (κ3) is 8.76. The van der Waals surface area contributed by atoms with Crippen molar-refractivity contribution in [3.8, 4) is 11.8 Å². The minimum atomic E-state index is -4.16. The maximum absolute atomic E-state index is 14.1. The van der Waals surface area contributed by atoms with Crippen LogP contribution in [0.25, 0.3) is 5.57 Å². The zero-order valence-electron chi connectivity index (χ0n) is 29.9. The average molecular weight is 769 g/mol. The molecule has 270 valence electrons. The number of sulfonamides is 1. The number of rotatable bonds is 12. The predicted octanol–water partition coefficient (Wildman–Crippen LogP) is 11.0. The van der Waals surface area contributed by atoms with Crippen LogP contribution in [0.4, 0.5) is 0 Å². The standard InChI is InChI=1S/C47H39Cl2NO3S/c1-34-28-30-40(31-29-34)54(52,53)50-46(42-25-15-27-44(48)45(42)49)43(35(2)51)33-47(38-21-11-5-12-22-38,39-23-13-6-14-24-39)32-16-26-41(36-17-7-3-8-18-36)37-19-9-4-10-20-37/h3-15,17-31,43,46,50H,33H2,1-2H3/t43-,46-/m1/s1. The minimum absolute atomic E-state index is 0.0650. The largest absolute Gasteiger partial charge is 0.300 e. The lowest BCUT2D eigenvalue weighted by atomic mass is 9.67. The summed E-state index contributed by atoms with van der Waals surface area (Å²) in [4.78, 5) is 14.2. The van der Waals surface area contributed by atoms with Crippen molar-refractivity contribution < 1.29 is 13.2 Å². The third-order valence-electron chi connectivity index (χ3n) is 9.59. The number of hydrogen-bond donors (Lipinski definition) is 1. The van der Waals surface area contributed by atoms with Gasteiger partial charge in [-0.15, -0.1) is 0 Å². The molecule has 7 heteroatoms. The van der Waals surface area contributed by atoms with E-state index in [1.54, 1.807) is 42.5 Å². The fourth-order valence-corrected chi connectivity index (χ4v) is 8.43. The second-order valence-corrected chi connectivity index (χ2v) is 15.7. The van der Waals surface area contributed by atoms with Gasteiger partial charge in [0, 0.05) is 5.92 Å². The number of carbonyl (C=O) groups excluding carboxylic acids is 1. The number of benzene rings is 6. The molecule has 0 spiro atoms. The highest BCUT2D eigenvalue weighted by molar-refractivity contribution is 7.89. The molecule has 4 nitrogen and oxygen atoms in total. The summed E-state index contributed by atoms with van der Waals surface area (Å²) in [6.45, 7) is 3.36. The van der Waals surface area contributed by atoms with Crippen molar-refractivity contribution in [1.29, 1.82) is 0 Å². The first-order chi connectivity index (χ1) is 26.1. The molecular weight excluding hydrogens is 729 g/mol. The maximum Gasteiger partial charge on any atom is 0.241 e.